The highest BCUT2D eigenvalue weighted by Gasteiger charge is 2.48. The van der Waals surface area contributed by atoms with Gasteiger partial charge in [0.05, 0.1) is 34.6 Å². The van der Waals surface area contributed by atoms with Crippen molar-refractivity contribution in [1.82, 2.24) is 9.55 Å². The summed E-state index contributed by atoms with van der Waals surface area (Å²) in [6, 6.07) is 11.2. The number of aromatic nitrogens is 2. The number of nitrogens with one attached hydrogen (secondary N) is 1. The molecule has 4 rings (SSSR count). The van der Waals surface area contributed by atoms with Gasteiger partial charge in [0.2, 0.25) is 11.8 Å². The van der Waals surface area contributed by atoms with Crippen molar-refractivity contribution >= 4 is 46.0 Å². The van der Waals surface area contributed by atoms with E-state index < -0.39 is 30.5 Å². The smallest absolute Gasteiger partial charge is 0.324 e. The largest absolute Gasteiger partial charge is 0.409 e. The fourth-order valence-corrected chi connectivity index (χ4v) is 4.60. The molecule has 31 heavy (non-hydrogen) atoms. The van der Waals surface area contributed by atoms with Crippen LogP contribution in [0.15, 0.2) is 53.7 Å². The predicted octanol–water partition coefficient (Wildman–Crippen LogP) is 4.45. The molecule has 0 bridgehead atoms. The minimum absolute atomic E-state index is 0.0327. The zero-order valence-corrected chi connectivity index (χ0v) is 17.3. The number of carbonyl (C=O) groups excluding carboxylic acids is 2. The first-order valence-corrected chi connectivity index (χ1v) is 10.6. The third-order valence-corrected chi connectivity index (χ3v) is 6.00. The summed E-state index contributed by atoms with van der Waals surface area (Å²) in [5, 5.41) is 3.02. The lowest BCUT2D eigenvalue weighted by Gasteiger charge is -2.31. The van der Waals surface area contributed by atoms with Crippen molar-refractivity contribution in [2.75, 3.05) is 16.0 Å². The molecule has 0 aliphatic carbocycles. The molecule has 0 spiro atoms. The molecule has 2 heterocycles. The van der Waals surface area contributed by atoms with Gasteiger partial charge in [0.1, 0.15) is 6.04 Å². The van der Waals surface area contributed by atoms with Gasteiger partial charge >= 0.3 is 6.18 Å². The monoisotopic (exact) mass is 448 g/mol. The van der Waals surface area contributed by atoms with Crippen molar-refractivity contribution in [2.45, 2.75) is 37.3 Å². The first kappa shape index (κ1) is 21.2. The van der Waals surface area contributed by atoms with Gasteiger partial charge in [0.25, 0.3) is 0 Å². The van der Waals surface area contributed by atoms with Crippen molar-refractivity contribution in [3.05, 3.63) is 48.5 Å². The summed E-state index contributed by atoms with van der Waals surface area (Å²) >= 11 is 1.08. The van der Waals surface area contributed by atoms with Gasteiger partial charge in [-0.05, 0) is 31.2 Å². The van der Waals surface area contributed by atoms with Crippen LogP contribution in [0.3, 0.4) is 0 Å². The first-order valence-electron chi connectivity index (χ1n) is 9.65. The van der Waals surface area contributed by atoms with Gasteiger partial charge in [-0.2, -0.15) is 13.2 Å². The van der Waals surface area contributed by atoms with Crippen LogP contribution >= 0.6 is 11.8 Å². The van der Waals surface area contributed by atoms with Crippen LogP contribution in [-0.4, -0.2) is 39.3 Å². The van der Waals surface area contributed by atoms with Crippen LogP contribution in [-0.2, 0) is 16.1 Å². The van der Waals surface area contributed by atoms with E-state index in [0.29, 0.717) is 16.6 Å². The van der Waals surface area contributed by atoms with E-state index in [0.717, 1.165) is 22.8 Å². The quantitative estimate of drug-likeness (QED) is 0.599. The Hall–Kier alpha value is -3.01. The minimum atomic E-state index is -4.76. The number of carbonyl (C=O) groups is 2. The number of benzene rings is 2. The Morgan fingerprint density at radius 1 is 1.19 bits per heavy atom. The van der Waals surface area contributed by atoms with Gasteiger partial charge in [-0.3, -0.25) is 14.5 Å². The summed E-state index contributed by atoms with van der Waals surface area (Å²) in [5.74, 6) is -1.78. The number of hydrogen-bond acceptors (Lipinski definition) is 4. The number of aryl methyl sites for hydroxylation is 1. The molecule has 0 fully saturated rings. The van der Waals surface area contributed by atoms with E-state index in [1.165, 1.54) is 18.2 Å². The molecule has 0 unspecified atom stereocenters. The van der Waals surface area contributed by atoms with Crippen molar-refractivity contribution in [2.24, 2.45) is 0 Å². The second-order valence-electron chi connectivity index (χ2n) is 7.01. The molecule has 3 aromatic rings. The summed E-state index contributed by atoms with van der Waals surface area (Å²) in [6.07, 6.45) is -5.62. The third kappa shape index (κ3) is 4.12. The number of hydrogen-bond donors (Lipinski definition) is 1. The molecule has 0 radical (unpaired) electrons. The molecule has 162 valence electrons. The summed E-state index contributed by atoms with van der Waals surface area (Å²) in [6.45, 7) is 2.54. The van der Waals surface area contributed by atoms with Gasteiger partial charge in [-0.1, -0.05) is 36.0 Å². The Morgan fingerprint density at radius 2 is 1.90 bits per heavy atom. The van der Waals surface area contributed by atoms with Crippen molar-refractivity contribution in [3.8, 4) is 0 Å². The highest BCUT2D eigenvalue weighted by molar-refractivity contribution is 7.99. The first-order chi connectivity index (χ1) is 14.8. The number of amides is 2. The second kappa shape index (κ2) is 8.26. The van der Waals surface area contributed by atoms with E-state index in [1.54, 1.807) is 6.07 Å². The standard InChI is InChI=1S/C21H19F3N4O2S/c1-2-27-15-9-5-3-7-13(15)26-20(27)31-12-19(30)28-16-10-6-4-8-14(16)25-18(29)11-17(28)21(22,23)24/h3-10,17H,2,11-12H2,1H3,(H,25,29)/t17-/m1/s1. The number of thioether (sulfide) groups is 1. The molecule has 1 atom stereocenters. The van der Waals surface area contributed by atoms with E-state index in [-0.39, 0.29) is 17.1 Å². The number of halogens is 3. The van der Waals surface area contributed by atoms with Crippen molar-refractivity contribution in [3.63, 3.8) is 0 Å². The lowest BCUT2D eigenvalue weighted by Crippen LogP contribution is -2.50. The summed E-state index contributed by atoms with van der Waals surface area (Å²) in [7, 11) is 0. The Labute approximate surface area is 180 Å². The number of alkyl halides is 3. The number of fused-ring (bicyclic) bond motifs is 2. The molecule has 2 aromatic carbocycles. The van der Waals surface area contributed by atoms with Crippen LogP contribution in [0.25, 0.3) is 11.0 Å². The van der Waals surface area contributed by atoms with Crippen molar-refractivity contribution in [1.29, 1.82) is 0 Å². The number of rotatable bonds is 4. The van der Waals surface area contributed by atoms with E-state index in [1.807, 2.05) is 35.8 Å². The maximum Gasteiger partial charge on any atom is 0.409 e. The zero-order valence-electron chi connectivity index (χ0n) is 16.5. The van der Waals surface area contributed by atoms with Gasteiger partial charge in [-0.15, -0.1) is 0 Å². The van der Waals surface area contributed by atoms with Crippen LogP contribution in [0, 0.1) is 0 Å². The lowest BCUT2D eigenvalue weighted by molar-refractivity contribution is -0.157. The Morgan fingerprint density at radius 3 is 2.65 bits per heavy atom. The topological polar surface area (TPSA) is 67.2 Å². The fourth-order valence-electron chi connectivity index (χ4n) is 3.66. The molecule has 2 amide bonds. The van der Waals surface area contributed by atoms with E-state index >= 15 is 0 Å². The molecule has 10 heteroatoms. The Kier molecular flexibility index (Phi) is 5.65. The summed E-state index contributed by atoms with van der Waals surface area (Å²) < 4.78 is 43.4. The molecule has 0 saturated carbocycles. The molecule has 6 nitrogen and oxygen atoms in total. The van der Waals surface area contributed by atoms with Crippen LogP contribution in [0.4, 0.5) is 24.5 Å². The number of nitrogens with zero attached hydrogens (tertiary/aromatic N) is 3. The average molecular weight is 448 g/mol. The van der Waals surface area contributed by atoms with Crippen LogP contribution in [0.2, 0.25) is 0 Å². The zero-order chi connectivity index (χ0) is 22.2. The minimum Gasteiger partial charge on any atom is -0.324 e. The van der Waals surface area contributed by atoms with Gasteiger partial charge in [0.15, 0.2) is 5.16 Å². The van der Waals surface area contributed by atoms with E-state index in [9.17, 15) is 22.8 Å². The number of imidazole rings is 1. The maximum atomic E-state index is 13.8. The van der Waals surface area contributed by atoms with E-state index in [4.69, 9.17) is 0 Å². The highest BCUT2D eigenvalue weighted by atomic mass is 32.2. The summed E-state index contributed by atoms with van der Waals surface area (Å²) in [4.78, 5) is 30.4. The van der Waals surface area contributed by atoms with Crippen LogP contribution < -0.4 is 10.2 Å². The maximum absolute atomic E-state index is 13.8. The molecule has 1 aromatic heterocycles. The molecule has 1 N–H and O–H groups in total. The fraction of sp³-hybridized carbons (Fsp3) is 0.286. The molecular formula is C21H19F3N4O2S. The number of anilines is 2. The lowest BCUT2D eigenvalue weighted by atomic mass is 10.1. The van der Waals surface area contributed by atoms with Crippen LogP contribution in [0.1, 0.15) is 13.3 Å². The molecule has 1 aliphatic heterocycles. The van der Waals surface area contributed by atoms with Gasteiger partial charge < -0.3 is 9.88 Å². The van der Waals surface area contributed by atoms with Gasteiger partial charge in [-0.25, -0.2) is 4.98 Å². The SMILES string of the molecule is CCn1c(SCC(=O)N2c3ccccc3NC(=O)C[C@@H]2C(F)(F)F)nc2ccccc21. The Balaban J connectivity index is 1.66. The average Bonchev–Trinajstić information content (AvgIpc) is 3.01. The van der Waals surface area contributed by atoms with Crippen molar-refractivity contribution < 1.29 is 22.8 Å². The van der Waals surface area contributed by atoms with E-state index in [2.05, 4.69) is 10.3 Å². The molecule has 0 saturated heterocycles. The molecule has 1 aliphatic rings. The normalized spacial score (nSPS) is 16.7. The third-order valence-electron chi connectivity index (χ3n) is 5.04. The Bertz CT molecular complexity index is 1150. The van der Waals surface area contributed by atoms with Crippen LogP contribution in [0.5, 0.6) is 0 Å². The summed E-state index contributed by atoms with van der Waals surface area (Å²) in [5.41, 5.74) is 1.86. The van der Waals surface area contributed by atoms with Gasteiger partial charge in [0, 0.05) is 6.54 Å². The number of para-hydroxylation sites is 4. The molecular weight excluding hydrogens is 429 g/mol. The highest BCUT2D eigenvalue weighted by Crippen LogP contribution is 2.38. The predicted molar refractivity (Wildman–Crippen MR) is 113 cm³/mol. The second-order valence-corrected chi connectivity index (χ2v) is 7.95.